The van der Waals surface area contributed by atoms with Crippen molar-refractivity contribution in [1.82, 2.24) is 9.88 Å². The van der Waals surface area contributed by atoms with E-state index in [1.807, 2.05) is 24.3 Å². The molecule has 1 saturated heterocycles. The van der Waals surface area contributed by atoms with E-state index in [9.17, 15) is 14.7 Å². The van der Waals surface area contributed by atoms with Crippen LogP contribution in [0.4, 0.5) is 0 Å². The second kappa shape index (κ2) is 8.89. The molecule has 0 saturated carbocycles. The maximum atomic E-state index is 13.1. The van der Waals surface area contributed by atoms with Gasteiger partial charge in [0.2, 0.25) is 0 Å². The van der Waals surface area contributed by atoms with Gasteiger partial charge in [-0.1, -0.05) is 24.3 Å². The zero-order chi connectivity index (χ0) is 22.0. The van der Waals surface area contributed by atoms with Gasteiger partial charge >= 0.3 is 0 Å². The maximum absolute atomic E-state index is 13.1. The number of methoxy groups -OCH3 is 1. The van der Waals surface area contributed by atoms with Crippen molar-refractivity contribution in [3.05, 3.63) is 98.9 Å². The third-order valence-corrected chi connectivity index (χ3v) is 5.89. The molecule has 2 heterocycles. The summed E-state index contributed by atoms with van der Waals surface area (Å²) in [6.07, 6.45) is 3.28. The first-order chi connectivity index (χ1) is 15.0. The van der Waals surface area contributed by atoms with Gasteiger partial charge in [0.15, 0.2) is 0 Å². The summed E-state index contributed by atoms with van der Waals surface area (Å²) >= 11 is 2.20. The van der Waals surface area contributed by atoms with Gasteiger partial charge in [-0.15, -0.1) is 0 Å². The molecule has 7 heteroatoms. The van der Waals surface area contributed by atoms with Crippen LogP contribution in [0.2, 0.25) is 0 Å². The first kappa shape index (κ1) is 21.0. The zero-order valence-electron chi connectivity index (χ0n) is 16.7. The molecule has 1 amide bonds. The zero-order valence-corrected chi connectivity index (χ0v) is 18.8. The lowest BCUT2D eigenvalue weighted by atomic mass is 9.95. The van der Waals surface area contributed by atoms with Crippen molar-refractivity contribution in [2.45, 2.75) is 12.6 Å². The fourth-order valence-electron chi connectivity index (χ4n) is 3.65. The summed E-state index contributed by atoms with van der Waals surface area (Å²) in [4.78, 5) is 31.6. The normalized spacial score (nSPS) is 17.7. The number of amides is 1. The number of benzene rings is 2. The summed E-state index contributed by atoms with van der Waals surface area (Å²) in [6, 6.07) is 17.2. The number of rotatable bonds is 5. The van der Waals surface area contributed by atoms with Gasteiger partial charge in [0.1, 0.15) is 11.5 Å². The Morgan fingerprint density at radius 3 is 2.48 bits per heavy atom. The number of carbonyl (C=O) groups is 2. The molecule has 1 unspecified atom stereocenters. The largest absolute Gasteiger partial charge is 0.507 e. The van der Waals surface area contributed by atoms with Gasteiger partial charge in [0, 0.05) is 28.1 Å². The molecule has 31 heavy (non-hydrogen) atoms. The monoisotopic (exact) mass is 526 g/mol. The van der Waals surface area contributed by atoms with Crippen molar-refractivity contribution in [3.63, 3.8) is 0 Å². The number of aliphatic hydroxyl groups excluding tert-OH is 1. The average molecular weight is 526 g/mol. The molecule has 0 bridgehead atoms. The van der Waals surface area contributed by atoms with Crippen molar-refractivity contribution in [2.24, 2.45) is 0 Å². The minimum atomic E-state index is -0.712. The number of hydrogen-bond acceptors (Lipinski definition) is 5. The highest BCUT2D eigenvalue weighted by molar-refractivity contribution is 14.1. The Kier molecular flexibility index (Phi) is 6.03. The molecule has 6 nitrogen and oxygen atoms in total. The minimum absolute atomic E-state index is 0.0634. The number of carbonyl (C=O) groups excluding carboxylic acids is 2. The average Bonchev–Trinajstić information content (AvgIpc) is 3.05. The van der Waals surface area contributed by atoms with Crippen LogP contribution in [0.5, 0.6) is 5.75 Å². The van der Waals surface area contributed by atoms with E-state index in [2.05, 4.69) is 27.6 Å². The van der Waals surface area contributed by atoms with Crippen LogP contribution in [0.15, 0.2) is 78.6 Å². The van der Waals surface area contributed by atoms with E-state index < -0.39 is 17.7 Å². The molecule has 156 valence electrons. The van der Waals surface area contributed by atoms with Crippen LogP contribution in [0, 0.1) is 3.57 Å². The molecule has 1 atom stereocenters. The molecule has 0 radical (unpaired) electrons. The molecule has 3 aromatic rings. The Morgan fingerprint density at radius 2 is 1.81 bits per heavy atom. The van der Waals surface area contributed by atoms with Crippen LogP contribution >= 0.6 is 22.6 Å². The highest BCUT2D eigenvalue weighted by atomic mass is 127. The lowest BCUT2D eigenvalue weighted by molar-refractivity contribution is -0.140. The second-order valence-corrected chi connectivity index (χ2v) is 8.31. The summed E-state index contributed by atoms with van der Waals surface area (Å²) in [5.74, 6) is -1.04. The number of nitrogens with zero attached hydrogens (tertiary/aromatic N) is 2. The third-order valence-electron chi connectivity index (χ3n) is 5.17. The van der Waals surface area contributed by atoms with Crippen molar-refractivity contribution in [3.8, 4) is 5.75 Å². The Morgan fingerprint density at radius 1 is 1.10 bits per heavy atom. The van der Waals surface area contributed by atoms with Gasteiger partial charge in [-0.2, -0.15) is 0 Å². The summed E-state index contributed by atoms with van der Waals surface area (Å²) in [7, 11) is 1.53. The molecule has 1 N–H and O–H groups in total. The van der Waals surface area contributed by atoms with Gasteiger partial charge in [0.05, 0.1) is 18.7 Å². The standard InChI is InChI=1S/C24H19IN2O4/c1-31-19-4-2-3-17(13-19)22(28)20-21(16-5-7-18(25)8-6-16)27(24(30)23(20)29)14-15-9-11-26-12-10-15/h2-13,21,28H,14H2,1H3/b22-20+. The van der Waals surface area contributed by atoms with E-state index in [4.69, 9.17) is 4.74 Å². The third kappa shape index (κ3) is 4.18. The predicted molar refractivity (Wildman–Crippen MR) is 124 cm³/mol. The van der Waals surface area contributed by atoms with Crippen LogP contribution in [0.25, 0.3) is 5.76 Å². The van der Waals surface area contributed by atoms with Crippen molar-refractivity contribution in [2.75, 3.05) is 7.11 Å². The lowest BCUT2D eigenvalue weighted by Crippen LogP contribution is -2.29. The SMILES string of the molecule is COc1cccc(/C(O)=C2\C(=O)C(=O)N(Cc3ccncc3)C2c2ccc(I)cc2)c1. The van der Waals surface area contributed by atoms with Crippen LogP contribution in [0.3, 0.4) is 0 Å². The molecule has 0 spiro atoms. The van der Waals surface area contributed by atoms with E-state index in [-0.39, 0.29) is 17.9 Å². The van der Waals surface area contributed by atoms with E-state index in [0.717, 1.165) is 14.7 Å². The molecule has 1 fully saturated rings. The smallest absolute Gasteiger partial charge is 0.295 e. The first-order valence-electron chi connectivity index (χ1n) is 9.57. The lowest BCUT2D eigenvalue weighted by Gasteiger charge is -2.25. The Labute approximate surface area is 193 Å². The molecule has 0 aliphatic carbocycles. The van der Waals surface area contributed by atoms with Crippen molar-refractivity contribution in [1.29, 1.82) is 0 Å². The highest BCUT2D eigenvalue weighted by Gasteiger charge is 2.46. The Balaban J connectivity index is 1.86. The molecular weight excluding hydrogens is 507 g/mol. The first-order valence-corrected chi connectivity index (χ1v) is 10.6. The van der Waals surface area contributed by atoms with E-state index in [0.29, 0.717) is 11.3 Å². The summed E-state index contributed by atoms with van der Waals surface area (Å²) in [6.45, 7) is 0.221. The Bertz CT molecular complexity index is 1160. The number of likely N-dealkylation sites (tertiary alicyclic amines) is 1. The molecule has 1 aliphatic rings. The summed E-state index contributed by atoms with van der Waals surface area (Å²) < 4.78 is 6.27. The Hall–Kier alpha value is -3.20. The number of hydrogen-bond donors (Lipinski definition) is 1. The number of halogens is 1. The van der Waals surface area contributed by atoms with Gasteiger partial charge in [-0.25, -0.2) is 0 Å². The van der Waals surface area contributed by atoms with Gasteiger partial charge in [-0.05, 0) is 70.1 Å². The second-order valence-electron chi connectivity index (χ2n) is 7.07. The van der Waals surface area contributed by atoms with Crippen molar-refractivity contribution < 1.29 is 19.4 Å². The van der Waals surface area contributed by atoms with Crippen LogP contribution in [-0.2, 0) is 16.1 Å². The fourth-order valence-corrected chi connectivity index (χ4v) is 4.01. The fraction of sp³-hybridized carbons (Fsp3) is 0.125. The number of pyridine rings is 1. The molecular formula is C24H19IN2O4. The van der Waals surface area contributed by atoms with Gasteiger partial charge in [0.25, 0.3) is 11.7 Å². The highest BCUT2D eigenvalue weighted by Crippen LogP contribution is 2.40. The van der Waals surface area contributed by atoms with Crippen molar-refractivity contribution >= 4 is 40.0 Å². The quantitative estimate of drug-likeness (QED) is 0.232. The van der Waals surface area contributed by atoms with Crippen LogP contribution in [0.1, 0.15) is 22.7 Å². The molecule has 2 aromatic carbocycles. The topological polar surface area (TPSA) is 79.7 Å². The summed E-state index contributed by atoms with van der Waals surface area (Å²) in [5.41, 5.74) is 2.07. The van der Waals surface area contributed by atoms with Crippen LogP contribution in [-0.4, -0.2) is 33.8 Å². The predicted octanol–water partition coefficient (Wildman–Crippen LogP) is 4.32. The number of Topliss-reactive ketones (excluding diaryl/α,β-unsaturated/α-hetero) is 1. The maximum Gasteiger partial charge on any atom is 0.295 e. The van der Waals surface area contributed by atoms with E-state index >= 15 is 0 Å². The molecule has 1 aliphatic heterocycles. The van der Waals surface area contributed by atoms with Gasteiger partial charge < -0.3 is 14.7 Å². The van der Waals surface area contributed by atoms with E-state index in [1.54, 1.807) is 48.8 Å². The molecule has 4 rings (SSSR count). The summed E-state index contributed by atoms with van der Waals surface area (Å²) in [5, 5.41) is 11.1. The number of ketones is 1. The van der Waals surface area contributed by atoms with E-state index in [1.165, 1.54) is 12.0 Å². The van der Waals surface area contributed by atoms with Crippen LogP contribution < -0.4 is 4.74 Å². The van der Waals surface area contributed by atoms with Gasteiger partial charge in [-0.3, -0.25) is 14.6 Å². The minimum Gasteiger partial charge on any atom is -0.507 e. The number of aromatic nitrogens is 1. The molecule has 1 aromatic heterocycles. The number of ether oxygens (including phenoxy) is 1. The number of aliphatic hydroxyl groups is 1.